The van der Waals surface area contributed by atoms with Crippen LogP contribution in [0.2, 0.25) is 0 Å². The number of carbonyl (C=O) groups is 1. The molecule has 0 aliphatic rings. The van der Waals surface area contributed by atoms with Crippen molar-refractivity contribution < 1.29 is 9.53 Å². The topological polar surface area (TPSA) is 63.2 Å². The first-order chi connectivity index (χ1) is 10.2. The van der Waals surface area contributed by atoms with Crippen molar-refractivity contribution >= 4 is 33.3 Å². The molecule has 2 rings (SSSR count). The lowest BCUT2D eigenvalue weighted by atomic mass is 10.2. The largest absolute Gasteiger partial charge is 0.383 e. The molecule has 0 bridgehead atoms. The summed E-state index contributed by atoms with van der Waals surface area (Å²) in [5, 5.41) is 5.93. The van der Waals surface area contributed by atoms with Gasteiger partial charge in [0, 0.05) is 35.6 Å². The van der Waals surface area contributed by atoms with Gasteiger partial charge in [-0.05, 0) is 36.4 Å². The van der Waals surface area contributed by atoms with Crippen LogP contribution in [0.1, 0.15) is 10.4 Å². The molecule has 21 heavy (non-hydrogen) atoms. The Hall–Kier alpha value is -1.92. The van der Waals surface area contributed by atoms with Gasteiger partial charge in [-0.3, -0.25) is 4.79 Å². The van der Waals surface area contributed by atoms with Gasteiger partial charge in [-0.25, -0.2) is 4.98 Å². The second-order valence-electron chi connectivity index (χ2n) is 4.31. The normalized spacial score (nSPS) is 10.2. The van der Waals surface area contributed by atoms with Crippen molar-refractivity contribution in [2.24, 2.45) is 0 Å². The van der Waals surface area contributed by atoms with Crippen LogP contribution >= 0.6 is 15.9 Å². The molecule has 0 unspecified atom stereocenters. The van der Waals surface area contributed by atoms with E-state index in [1.165, 1.54) is 0 Å². The first-order valence-electron chi connectivity index (χ1n) is 6.45. The predicted molar refractivity (Wildman–Crippen MR) is 86.7 cm³/mol. The number of nitrogens with zero attached hydrogens (tertiary/aromatic N) is 1. The summed E-state index contributed by atoms with van der Waals surface area (Å²) in [5.41, 5.74) is 1.29. The third kappa shape index (κ3) is 4.84. The highest BCUT2D eigenvalue weighted by molar-refractivity contribution is 9.10. The van der Waals surface area contributed by atoms with Gasteiger partial charge in [0.05, 0.1) is 6.61 Å². The van der Waals surface area contributed by atoms with Crippen molar-refractivity contribution in [1.82, 2.24) is 4.98 Å². The van der Waals surface area contributed by atoms with E-state index >= 15 is 0 Å². The maximum atomic E-state index is 12.2. The number of benzene rings is 1. The van der Waals surface area contributed by atoms with E-state index in [9.17, 15) is 4.79 Å². The molecular formula is C15H16BrN3O2. The Bertz CT molecular complexity index is 602. The number of nitrogens with one attached hydrogen (secondary N) is 2. The standard InChI is InChI=1S/C15H16BrN3O2/c1-21-9-8-18-14-10-11(6-7-17-14)15(20)19-13-4-2-12(16)3-5-13/h2-7,10H,8-9H2,1H3,(H,17,18)(H,19,20). The fourth-order valence-electron chi connectivity index (χ4n) is 1.69. The minimum Gasteiger partial charge on any atom is -0.383 e. The van der Waals surface area contributed by atoms with Gasteiger partial charge in [0.25, 0.3) is 5.91 Å². The third-order valence-electron chi connectivity index (χ3n) is 2.74. The van der Waals surface area contributed by atoms with E-state index in [1.807, 2.05) is 24.3 Å². The van der Waals surface area contributed by atoms with E-state index in [4.69, 9.17) is 4.74 Å². The molecule has 5 nitrogen and oxygen atoms in total. The Balaban J connectivity index is 2.01. The molecule has 0 radical (unpaired) electrons. The fraction of sp³-hybridized carbons (Fsp3) is 0.200. The number of hydrogen-bond acceptors (Lipinski definition) is 4. The van der Waals surface area contributed by atoms with Gasteiger partial charge in [0.2, 0.25) is 0 Å². The predicted octanol–water partition coefficient (Wildman–Crippen LogP) is 3.15. The van der Waals surface area contributed by atoms with E-state index in [2.05, 4.69) is 31.5 Å². The molecule has 1 aromatic carbocycles. The SMILES string of the molecule is COCCNc1cc(C(=O)Nc2ccc(Br)cc2)ccn1. The minimum absolute atomic E-state index is 0.172. The van der Waals surface area contributed by atoms with Crippen molar-refractivity contribution in [3.8, 4) is 0 Å². The number of pyridine rings is 1. The number of carbonyl (C=O) groups excluding carboxylic acids is 1. The van der Waals surface area contributed by atoms with E-state index in [1.54, 1.807) is 25.4 Å². The number of ether oxygens (including phenoxy) is 1. The van der Waals surface area contributed by atoms with Gasteiger partial charge in [0.15, 0.2) is 0 Å². The highest BCUT2D eigenvalue weighted by Gasteiger charge is 2.07. The second-order valence-corrected chi connectivity index (χ2v) is 5.23. The summed E-state index contributed by atoms with van der Waals surface area (Å²) >= 11 is 3.36. The Kier molecular flexibility index (Phi) is 5.71. The van der Waals surface area contributed by atoms with Crippen LogP contribution in [-0.4, -0.2) is 31.2 Å². The average molecular weight is 350 g/mol. The van der Waals surface area contributed by atoms with E-state index in [0.29, 0.717) is 24.5 Å². The van der Waals surface area contributed by atoms with Crippen molar-refractivity contribution in [3.05, 3.63) is 52.6 Å². The number of hydrogen-bond donors (Lipinski definition) is 2. The molecule has 0 atom stereocenters. The van der Waals surface area contributed by atoms with Gasteiger partial charge < -0.3 is 15.4 Å². The van der Waals surface area contributed by atoms with E-state index in [0.717, 1.165) is 10.2 Å². The van der Waals surface area contributed by atoms with Crippen molar-refractivity contribution in [2.75, 3.05) is 30.9 Å². The molecule has 110 valence electrons. The maximum Gasteiger partial charge on any atom is 0.255 e. The molecule has 2 N–H and O–H groups in total. The van der Waals surface area contributed by atoms with Crippen molar-refractivity contribution in [3.63, 3.8) is 0 Å². The molecule has 0 aliphatic carbocycles. The molecule has 0 saturated carbocycles. The zero-order chi connectivity index (χ0) is 15.1. The quantitative estimate of drug-likeness (QED) is 0.786. The fourth-order valence-corrected chi connectivity index (χ4v) is 1.95. The van der Waals surface area contributed by atoms with Crippen LogP contribution in [0.5, 0.6) is 0 Å². The summed E-state index contributed by atoms with van der Waals surface area (Å²) < 4.78 is 5.92. The number of amides is 1. The summed E-state index contributed by atoms with van der Waals surface area (Å²) in [7, 11) is 1.64. The Morgan fingerprint density at radius 3 is 2.76 bits per heavy atom. The molecule has 2 aromatic rings. The van der Waals surface area contributed by atoms with Crippen LogP contribution in [0.4, 0.5) is 11.5 Å². The lowest BCUT2D eigenvalue weighted by Crippen LogP contribution is -2.13. The number of halogens is 1. The molecule has 0 fully saturated rings. The lowest BCUT2D eigenvalue weighted by molar-refractivity contribution is 0.102. The Morgan fingerprint density at radius 2 is 2.05 bits per heavy atom. The maximum absolute atomic E-state index is 12.2. The van der Waals surface area contributed by atoms with Crippen molar-refractivity contribution in [1.29, 1.82) is 0 Å². The monoisotopic (exact) mass is 349 g/mol. The van der Waals surface area contributed by atoms with Gasteiger partial charge in [0.1, 0.15) is 5.82 Å². The minimum atomic E-state index is -0.172. The number of methoxy groups -OCH3 is 1. The molecule has 0 spiro atoms. The molecule has 1 amide bonds. The van der Waals surface area contributed by atoms with Gasteiger partial charge >= 0.3 is 0 Å². The molecule has 0 aliphatic heterocycles. The molecule has 1 heterocycles. The second kappa shape index (κ2) is 7.75. The molecule has 6 heteroatoms. The van der Waals surface area contributed by atoms with Crippen LogP contribution in [0.15, 0.2) is 47.1 Å². The lowest BCUT2D eigenvalue weighted by Gasteiger charge is -2.08. The van der Waals surface area contributed by atoms with Crippen LogP contribution in [0.3, 0.4) is 0 Å². The van der Waals surface area contributed by atoms with Gasteiger partial charge in [-0.2, -0.15) is 0 Å². The first-order valence-corrected chi connectivity index (χ1v) is 7.24. The van der Waals surface area contributed by atoms with E-state index in [-0.39, 0.29) is 5.91 Å². The zero-order valence-corrected chi connectivity index (χ0v) is 13.2. The number of aromatic nitrogens is 1. The smallest absolute Gasteiger partial charge is 0.255 e. The van der Waals surface area contributed by atoms with Gasteiger partial charge in [-0.1, -0.05) is 15.9 Å². The number of rotatable bonds is 6. The first kappa shape index (κ1) is 15.5. The van der Waals surface area contributed by atoms with Crippen LogP contribution in [0, 0.1) is 0 Å². The molecular weight excluding hydrogens is 334 g/mol. The van der Waals surface area contributed by atoms with E-state index < -0.39 is 0 Å². The average Bonchev–Trinajstić information content (AvgIpc) is 2.50. The summed E-state index contributed by atoms with van der Waals surface area (Å²) in [5.74, 6) is 0.477. The Morgan fingerprint density at radius 1 is 1.29 bits per heavy atom. The van der Waals surface area contributed by atoms with Gasteiger partial charge in [-0.15, -0.1) is 0 Å². The highest BCUT2D eigenvalue weighted by atomic mass is 79.9. The Labute approximate surface area is 131 Å². The van der Waals surface area contributed by atoms with Crippen LogP contribution in [-0.2, 0) is 4.74 Å². The summed E-state index contributed by atoms with van der Waals surface area (Å²) in [6.07, 6.45) is 1.60. The highest BCUT2D eigenvalue weighted by Crippen LogP contribution is 2.15. The molecule has 1 aromatic heterocycles. The number of anilines is 2. The van der Waals surface area contributed by atoms with Crippen LogP contribution in [0.25, 0.3) is 0 Å². The zero-order valence-electron chi connectivity index (χ0n) is 11.6. The summed E-state index contributed by atoms with van der Waals surface area (Å²) in [6, 6.07) is 10.8. The third-order valence-corrected chi connectivity index (χ3v) is 3.27. The van der Waals surface area contributed by atoms with Crippen LogP contribution < -0.4 is 10.6 Å². The summed E-state index contributed by atoms with van der Waals surface area (Å²) in [6.45, 7) is 1.22. The summed E-state index contributed by atoms with van der Waals surface area (Å²) in [4.78, 5) is 16.3. The van der Waals surface area contributed by atoms with Crippen molar-refractivity contribution in [2.45, 2.75) is 0 Å². The molecule has 0 saturated heterocycles.